The van der Waals surface area contributed by atoms with Crippen LogP contribution in [-0.4, -0.2) is 60.5 Å². The summed E-state index contributed by atoms with van der Waals surface area (Å²) in [6.07, 6.45) is -3.67. The second kappa shape index (κ2) is 9.22. The molecule has 1 saturated heterocycles. The van der Waals surface area contributed by atoms with E-state index >= 15 is 0 Å². The molecule has 0 saturated carbocycles. The summed E-state index contributed by atoms with van der Waals surface area (Å²) in [6.45, 7) is 4.53. The predicted octanol–water partition coefficient (Wildman–Crippen LogP) is 4.10. The number of likely N-dealkylation sites (N-methyl/N-ethyl adjacent to an activating group) is 1. The van der Waals surface area contributed by atoms with Crippen molar-refractivity contribution in [2.75, 3.05) is 44.7 Å². The maximum absolute atomic E-state index is 12.8. The van der Waals surface area contributed by atoms with Crippen molar-refractivity contribution < 1.29 is 18.0 Å². The maximum atomic E-state index is 12.8. The summed E-state index contributed by atoms with van der Waals surface area (Å²) in [5, 5.41) is -0.0224. The van der Waals surface area contributed by atoms with Crippen LogP contribution < -0.4 is 4.90 Å². The van der Waals surface area contributed by atoms with E-state index in [1.807, 2.05) is 47.1 Å². The van der Waals surface area contributed by atoms with Gasteiger partial charge in [0.2, 0.25) is 5.91 Å². The Bertz CT molecular complexity index is 870. The lowest BCUT2D eigenvalue weighted by atomic mass is 10.1. The molecule has 1 atom stereocenters. The van der Waals surface area contributed by atoms with E-state index in [2.05, 4.69) is 4.98 Å². The predicted molar refractivity (Wildman–Crippen MR) is 111 cm³/mol. The Morgan fingerprint density at radius 1 is 1.20 bits per heavy atom. The first-order valence-corrected chi connectivity index (χ1v) is 10.0. The summed E-state index contributed by atoms with van der Waals surface area (Å²) in [6, 6.07) is 10.7. The molecule has 5 nitrogen and oxygen atoms in total. The second-order valence-electron chi connectivity index (χ2n) is 7.38. The van der Waals surface area contributed by atoms with Gasteiger partial charge >= 0.3 is 6.18 Å². The molecule has 1 aliphatic heterocycles. The van der Waals surface area contributed by atoms with Crippen molar-refractivity contribution in [2.45, 2.75) is 19.1 Å². The molecule has 1 amide bonds. The number of anilines is 1. The number of hydrogen-bond acceptors (Lipinski definition) is 4. The van der Waals surface area contributed by atoms with Crippen LogP contribution in [0.15, 0.2) is 42.6 Å². The molecule has 30 heavy (non-hydrogen) atoms. The Morgan fingerprint density at radius 3 is 2.40 bits per heavy atom. The molecule has 1 unspecified atom stereocenters. The minimum absolute atomic E-state index is 0.0190. The van der Waals surface area contributed by atoms with Gasteiger partial charge in [-0.3, -0.25) is 9.69 Å². The van der Waals surface area contributed by atoms with Gasteiger partial charge in [0.1, 0.15) is 5.82 Å². The molecule has 1 aromatic carbocycles. The molecule has 0 bridgehead atoms. The van der Waals surface area contributed by atoms with E-state index < -0.39 is 11.7 Å². The molecular weight excluding hydrogens is 417 g/mol. The Hall–Kier alpha value is -2.32. The molecule has 1 aliphatic rings. The minimum atomic E-state index is -4.48. The molecule has 0 radical (unpaired) electrons. The number of aromatic nitrogens is 1. The van der Waals surface area contributed by atoms with Crippen molar-refractivity contribution >= 4 is 23.3 Å². The first kappa shape index (κ1) is 22.4. The number of rotatable bonds is 5. The van der Waals surface area contributed by atoms with Gasteiger partial charge in [-0.1, -0.05) is 41.9 Å². The third-order valence-corrected chi connectivity index (χ3v) is 5.71. The molecule has 0 N–H and O–H groups in total. The van der Waals surface area contributed by atoms with Crippen LogP contribution in [0.2, 0.25) is 5.02 Å². The summed E-state index contributed by atoms with van der Waals surface area (Å²) in [5.74, 6) is 0.357. The van der Waals surface area contributed by atoms with Crippen LogP contribution in [0, 0.1) is 0 Å². The van der Waals surface area contributed by atoms with Crippen LogP contribution in [0.25, 0.3) is 0 Å². The van der Waals surface area contributed by atoms with Gasteiger partial charge in [-0.2, -0.15) is 13.2 Å². The van der Waals surface area contributed by atoms with Crippen LogP contribution in [0.4, 0.5) is 19.0 Å². The summed E-state index contributed by atoms with van der Waals surface area (Å²) >= 11 is 6.05. The second-order valence-corrected chi connectivity index (χ2v) is 7.79. The zero-order valence-corrected chi connectivity index (χ0v) is 17.6. The number of alkyl halides is 3. The van der Waals surface area contributed by atoms with Crippen molar-refractivity contribution in [1.29, 1.82) is 0 Å². The van der Waals surface area contributed by atoms with Gasteiger partial charge in [-0.15, -0.1) is 0 Å². The van der Waals surface area contributed by atoms with Crippen molar-refractivity contribution in [3.8, 4) is 0 Å². The van der Waals surface area contributed by atoms with Crippen molar-refractivity contribution in [2.24, 2.45) is 0 Å². The van der Waals surface area contributed by atoms with Gasteiger partial charge < -0.3 is 9.80 Å². The Balaban J connectivity index is 1.55. The lowest BCUT2D eigenvalue weighted by Gasteiger charge is -2.36. The highest BCUT2D eigenvalue weighted by Gasteiger charge is 2.32. The van der Waals surface area contributed by atoms with Gasteiger partial charge in [0.05, 0.1) is 23.2 Å². The average molecular weight is 441 g/mol. The zero-order valence-electron chi connectivity index (χ0n) is 16.9. The number of piperazine rings is 1. The molecule has 1 fully saturated rings. The van der Waals surface area contributed by atoms with Gasteiger partial charge in [0.25, 0.3) is 0 Å². The number of nitrogens with zero attached hydrogens (tertiary/aromatic N) is 4. The van der Waals surface area contributed by atoms with E-state index in [4.69, 9.17) is 11.6 Å². The van der Waals surface area contributed by atoms with Gasteiger partial charge in [0, 0.05) is 39.4 Å². The molecule has 0 spiro atoms. The third kappa shape index (κ3) is 5.23. The number of amides is 1. The number of halogens is 4. The third-order valence-electron chi connectivity index (χ3n) is 5.44. The molecule has 1 aromatic heterocycles. The fourth-order valence-electron chi connectivity index (χ4n) is 3.41. The zero-order chi connectivity index (χ0) is 21.9. The topological polar surface area (TPSA) is 39.7 Å². The molecule has 0 aliphatic carbocycles. The van der Waals surface area contributed by atoms with E-state index in [9.17, 15) is 18.0 Å². The number of carbonyl (C=O) groups is 1. The smallest absolute Gasteiger partial charge is 0.353 e. The minimum Gasteiger partial charge on any atom is -0.353 e. The lowest BCUT2D eigenvalue weighted by Crippen LogP contribution is -2.50. The molecule has 2 aromatic rings. The van der Waals surface area contributed by atoms with Gasteiger partial charge in [-0.05, 0) is 18.6 Å². The fraction of sp³-hybridized carbons (Fsp3) is 0.429. The summed E-state index contributed by atoms with van der Waals surface area (Å²) in [4.78, 5) is 22.2. The van der Waals surface area contributed by atoms with E-state index in [-0.39, 0.29) is 23.5 Å². The van der Waals surface area contributed by atoms with E-state index in [1.165, 1.54) is 0 Å². The van der Waals surface area contributed by atoms with Crippen molar-refractivity contribution in [1.82, 2.24) is 14.8 Å². The maximum Gasteiger partial charge on any atom is 0.417 e. The van der Waals surface area contributed by atoms with E-state index in [1.54, 1.807) is 11.9 Å². The fourth-order valence-corrected chi connectivity index (χ4v) is 3.70. The lowest BCUT2D eigenvalue weighted by molar-refractivity contribution is -0.137. The summed E-state index contributed by atoms with van der Waals surface area (Å²) < 4.78 is 38.4. The van der Waals surface area contributed by atoms with Crippen LogP contribution >= 0.6 is 11.6 Å². The average Bonchev–Trinajstić information content (AvgIpc) is 2.73. The summed E-state index contributed by atoms with van der Waals surface area (Å²) in [7, 11) is 1.79. The SMILES string of the molecule is CC(c1ccccc1)N(C)C(=O)CN1CCN(c2ncc(C(F)(F)F)cc2Cl)CC1. The standard InChI is InChI=1S/C21H24ClF3N4O/c1-15(16-6-4-3-5-7-16)27(2)19(30)14-28-8-10-29(11-9-28)20-18(22)12-17(13-26-20)21(23,24)25/h3-7,12-13,15H,8-11,14H2,1-2H3. The number of benzene rings is 1. The molecule has 2 heterocycles. The molecule has 162 valence electrons. The number of hydrogen-bond donors (Lipinski definition) is 0. The molecule has 9 heteroatoms. The highest BCUT2D eigenvalue weighted by atomic mass is 35.5. The van der Waals surface area contributed by atoms with Crippen LogP contribution in [0.5, 0.6) is 0 Å². The Kier molecular flexibility index (Phi) is 6.88. The number of carbonyl (C=O) groups excluding carboxylic acids is 1. The molecule has 3 rings (SSSR count). The quantitative estimate of drug-likeness (QED) is 0.702. The largest absolute Gasteiger partial charge is 0.417 e. The van der Waals surface area contributed by atoms with E-state index in [0.717, 1.165) is 17.8 Å². The first-order valence-electron chi connectivity index (χ1n) is 9.67. The van der Waals surface area contributed by atoms with Gasteiger partial charge in [-0.25, -0.2) is 4.98 Å². The van der Waals surface area contributed by atoms with Gasteiger partial charge in [0.15, 0.2) is 0 Å². The van der Waals surface area contributed by atoms with Crippen LogP contribution in [0.3, 0.4) is 0 Å². The summed E-state index contributed by atoms with van der Waals surface area (Å²) in [5.41, 5.74) is 0.206. The van der Waals surface area contributed by atoms with E-state index in [0.29, 0.717) is 32.0 Å². The highest BCUT2D eigenvalue weighted by Crippen LogP contribution is 2.33. The normalized spacial score (nSPS) is 16.4. The monoisotopic (exact) mass is 440 g/mol. The molecular formula is C21H24ClF3N4O. The Labute approximate surface area is 179 Å². The van der Waals surface area contributed by atoms with Crippen molar-refractivity contribution in [3.63, 3.8) is 0 Å². The van der Waals surface area contributed by atoms with Crippen LogP contribution in [0.1, 0.15) is 24.1 Å². The first-order chi connectivity index (χ1) is 14.2. The van der Waals surface area contributed by atoms with Crippen molar-refractivity contribution in [3.05, 3.63) is 58.7 Å². The Morgan fingerprint density at radius 2 is 1.83 bits per heavy atom. The number of pyridine rings is 1. The highest BCUT2D eigenvalue weighted by molar-refractivity contribution is 6.33. The van der Waals surface area contributed by atoms with Crippen LogP contribution in [-0.2, 0) is 11.0 Å².